The third-order valence-electron chi connectivity index (χ3n) is 0.316. The molecule has 0 unspecified atom stereocenters. The summed E-state index contributed by atoms with van der Waals surface area (Å²) in [5.74, 6) is 1.92. The third kappa shape index (κ3) is 9.20. The summed E-state index contributed by atoms with van der Waals surface area (Å²) in [4.78, 5) is 0. The molecule has 0 nitrogen and oxygen atoms in total. The normalized spacial score (nSPS) is 7.00. The standard InChI is InChI=1S/C3H8S2.Na/c4-2-1-3-5;/h4-5H,1-3H2;. The zero-order valence-corrected chi connectivity index (χ0v) is 7.80. The molecule has 1 radical (unpaired) electrons. The third-order valence-corrected chi connectivity index (χ3v) is 0.949. The first kappa shape index (κ1) is 10.6. The van der Waals surface area contributed by atoms with Gasteiger partial charge in [0.05, 0.1) is 0 Å². The van der Waals surface area contributed by atoms with Crippen molar-refractivity contribution in [2.75, 3.05) is 11.5 Å². The maximum absolute atomic E-state index is 3.95. The van der Waals surface area contributed by atoms with Crippen LogP contribution in [0.1, 0.15) is 6.42 Å². The van der Waals surface area contributed by atoms with E-state index in [1.165, 1.54) is 0 Å². The molecule has 0 aliphatic rings. The summed E-state index contributed by atoms with van der Waals surface area (Å²) in [6.07, 6.45) is 1.12. The van der Waals surface area contributed by atoms with E-state index in [0.717, 1.165) is 17.9 Å². The van der Waals surface area contributed by atoms with E-state index < -0.39 is 0 Å². The van der Waals surface area contributed by atoms with Crippen LogP contribution >= 0.6 is 25.3 Å². The van der Waals surface area contributed by atoms with Gasteiger partial charge in [0.1, 0.15) is 0 Å². The Morgan fingerprint density at radius 1 is 1.00 bits per heavy atom. The minimum atomic E-state index is 0. The van der Waals surface area contributed by atoms with Crippen molar-refractivity contribution < 1.29 is 0 Å². The Morgan fingerprint density at radius 3 is 1.33 bits per heavy atom. The first-order valence-electron chi connectivity index (χ1n) is 1.63. The Hall–Kier alpha value is 1.70. The fourth-order valence-electron chi connectivity index (χ4n) is 0.0707. The molecular formula is C3H8NaS2. The SMILES string of the molecule is SCCCS.[Na]. The van der Waals surface area contributed by atoms with Crippen molar-refractivity contribution in [3.8, 4) is 0 Å². The molecule has 6 heavy (non-hydrogen) atoms. The van der Waals surface area contributed by atoms with Crippen LogP contribution in [-0.4, -0.2) is 41.1 Å². The Bertz CT molecular complexity index is 16.3. The molecule has 0 aromatic heterocycles. The molecule has 0 heterocycles. The van der Waals surface area contributed by atoms with E-state index in [-0.39, 0.29) is 29.6 Å². The van der Waals surface area contributed by atoms with Gasteiger partial charge in [-0.3, -0.25) is 0 Å². The van der Waals surface area contributed by atoms with Crippen molar-refractivity contribution in [3.63, 3.8) is 0 Å². The summed E-state index contributed by atoms with van der Waals surface area (Å²) < 4.78 is 0. The van der Waals surface area contributed by atoms with E-state index in [2.05, 4.69) is 25.3 Å². The Morgan fingerprint density at radius 2 is 1.33 bits per heavy atom. The van der Waals surface area contributed by atoms with E-state index in [0.29, 0.717) is 0 Å². The monoisotopic (exact) mass is 131 g/mol. The number of thiol groups is 2. The zero-order valence-electron chi connectivity index (χ0n) is 4.02. The maximum Gasteiger partial charge on any atom is 0 e. The van der Waals surface area contributed by atoms with Crippen LogP contribution in [0.4, 0.5) is 0 Å². The minimum Gasteiger partial charge on any atom is -0.179 e. The zero-order chi connectivity index (χ0) is 4.12. The van der Waals surface area contributed by atoms with E-state index in [1.54, 1.807) is 0 Å². The molecular weight excluding hydrogens is 123 g/mol. The summed E-state index contributed by atoms with van der Waals surface area (Å²) >= 11 is 7.90. The van der Waals surface area contributed by atoms with Gasteiger partial charge in [-0.1, -0.05) is 0 Å². The molecule has 0 aromatic rings. The van der Waals surface area contributed by atoms with Crippen LogP contribution in [0, 0.1) is 0 Å². The molecule has 3 heteroatoms. The van der Waals surface area contributed by atoms with E-state index >= 15 is 0 Å². The van der Waals surface area contributed by atoms with Crippen molar-refractivity contribution in [1.82, 2.24) is 0 Å². The quantitative estimate of drug-likeness (QED) is 0.403. The Labute approximate surface area is 72.2 Å². The number of rotatable bonds is 2. The van der Waals surface area contributed by atoms with Gasteiger partial charge in [0.2, 0.25) is 0 Å². The summed E-state index contributed by atoms with van der Waals surface area (Å²) in [6, 6.07) is 0. The molecule has 0 fully saturated rings. The van der Waals surface area contributed by atoms with Gasteiger partial charge in [0.25, 0.3) is 0 Å². The van der Waals surface area contributed by atoms with E-state index in [9.17, 15) is 0 Å². The van der Waals surface area contributed by atoms with Crippen LogP contribution in [0.15, 0.2) is 0 Å². The van der Waals surface area contributed by atoms with Crippen molar-refractivity contribution in [2.24, 2.45) is 0 Å². The van der Waals surface area contributed by atoms with E-state index in [1.807, 2.05) is 0 Å². The predicted molar refractivity (Wildman–Crippen MR) is 38.1 cm³/mol. The number of hydrogen-bond donors (Lipinski definition) is 2. The maximum atomic E-state index is 3.95. The molecule has 0 aliphatic heterocycles. The molecule has 0 spiro atoms. The molecule has 0 aromatic carbocycles. The smallest absolute Gasteiger partial charge is 0 e. The predicted octanol–water partition coefficient (Wildman–Crippen LogP) is 0.855. The largest absolute Gasteiger partial charge is 0.179 e. The second kappa shape index (κ2) is 9.85. The van der Waals surface area contributed by atoms with Crippen molar-refractivity contribution in [1.29, 1.82) is 0 Å². The van der Waals surface area contributed by atoms with Crippen LogP contribution in [0.3, 0.4) is 0 Å². The topological polar surface area (TPSA) is 0 Å². The first-order valence-corrected chi connectivity index (χ1v) is 2.90. The molecule has 0 rings (SSSR count). The van der Waals surface area contributed by atoms with Crippen LogP contribution in [-0.2, 0) is 0 Å². The second-order valence-electron chi connectivity index (χ2n) is 0.801. The summed E-state index contributed by atoms with van der Waals surface area (Å²) in [5, 5.41) is 0. The van der Waals surface area contributed by atoms with Crippen molar-refractivity contribution in [3.05, 3.63) is 0 Å². The molecule has 0 aliphatic carbocycles. The molecule has 33 valence electrons. The van der Waals surface area contributed by atoms with Gasteiger partial charge in [-0.2, -0.15) is 25.3 Å². The average Bonchev–Trinajstić information content (AvgIpc) is 1.41. The van der Waals surface area contributed by atoms with Crippen LogP contribution in [0.2, 0.25) is 0 Å². The molecule has 0 amide bonds. The summed E-state index contributed by atoms with van der Waals surface area (Å²) in [6.45, 7) is 0. The van der Waals surface area contributed by atoms with Crippen LogP contribution in [0.25, 0.3) is 0 Å². The summed E-state index contributed by atoms with van der Waals surface area (Å²) in [7, 11) is 0. The van der Waals surface area contributed by atoms with Crippen molar-refractivity contribution >= 4 is 54.8 Å². The summed E-state index contributed by atoms with van der Waals surface area (Å²) in [5.41, 5.74) is 0. The van der Waals surface area contributed by atoms with Gasteiger partial charge in [0.15, 0.2) is 0 Å². The van der Waals surface area contributed by atoms with Gasteiger partial charge in [0, 0.05) is 29.6 Å². The average molecular weight is 131 g/mol. The fraction of sp³-hybridized carbons (Fsp3) is 1.00. The molecule has 0 saturated carbocycles. The van der Waals surface area contributed by atoms with Gasteiger partial charge < -0.3 is 0 Å². The first-order chi connectivity index (χ1) is 2.41. The van der Waals surface area contributed by atoms with Crippen LogP contribution < -0.4 is 0 Å². The van der Waals surface area contributed by atoms with E-state index in [4.69, 9.17) is 0 Å². The molecule has 0 bridgehead atoms. The molecule has 0 N–H and O–H groups in total. The second-order valence-corrected chi connectivity index (χ2v) is 1.70. The van der Waals surface area contributed by atoms with Gasteiger partial charge in [-0.15, -0.1) is 0 Å². The number of hydrogen-bond acceptors (Lipinski definition) is 2. The van der Waals surface area contributed by atoms with Crippen molar-refractivity contribution in [2.45, 2.75) is 6.42 Å². The Kier molecular flexibility index (Phi) is 17.5. The van der Waals surface area contributed by atoms with Gasteiger partial charge in [-0.25, -0.2) is 0 Å². The molecule has 0 atom stereocenters. The molecule has 0 saturated heterocycles. The van der Waals surface area contributed by atoms with Gasteiger partial charge in [-0.05, 0) is 17.9 Å². The Balaban J connectivity index is 0. The fourth-order valence-corrected chi connectivity index (χ4v) is 0.636. The van der Waals surface area contributed by atoms with Gasteiger partial charge >= 0.3 is 0 Å². The minimum absolute atomic E-state index is 0. The van der Waals surface area contributed by atoms with Crippen LogP contribution in [0.5, 0.6) is 0 Å².